The lowest BCUT2D eigenvalue weighted by Crippen LogP contribution is -2.49. The molecular formula is C65H120N10O10. The van der Waals surface area contributed by atoms with E-state index in [2.05, 4.69) is 61.2 Å². The molecule has 0 aromatic rings. The number of carbonyl (C=O) groups excluding carboxylic acids is 5. The maximum Gasteiger partial charge on any atom is 0.239 e. The minimum atomic E-state index is -0.00396. The average Bonchev–Trinajstić information content (AvgIpc) is 4.55. The predicted molar refractivity (Wildman–Crippen MR) is 334 cm³/mol. The lowest BCUT2D eigenvalue weighted by atomic mass is 10.0. The monoisotopic (exact) mass is 1200 g/mol. The Morgan fingerprint density at radius 2 is 0.529 bits per heavy atom. The van der Waals surface area contributed by atoms with E-state index in [9.17, 15) is 24.0 Å². The van der Waals surface area contributed by atoms with Gasteiger partial charge in [0.25, 0.3) is 0 Å². The van der Waals surface area contributed by atoms with Gasteiger partial charge in [0, 0.05) is 91.9 Å². The molecule has 5 N–H and O–H groups in total. The Morgan fingerprint density at radius 3 is 0.765 bits per heavy atom. The number of amides is 5. The molecule has 490 valence electrons. The number of nitrogens with zero attached hydrogens (tertiary/aromatic N) is 5. The van der Waals surface area contributed by atoms with Crippen LogP contribution in [-0.2, 0) is 47.7 Å². The molecule has 10 aliphatic rings. The number of nitrogens with one attached hydrogen (secondary N) is 5. The fraction of sp³-hybridized carbons (Fsp3) is 0.923. The van der Waals surface area contributed by atoms with Gasteiger partial charge in [0.15, 0.2) is 0 Å². The summed E-state index contributed by atoms with van der Waals surface area (Å²) in [5.41, 5.74) is 0. The van der Waals surface area contributed by atoms with Gasteiger partial charge in [0.2, 0.25) is 29.5 Å². The van der Waals surface area contributed by atoms with Crippen molar-refractivity contribution in [3.8, 4) is 0 Å². The van der Waals surface area contributed by atoms with Crippen molar-refractivity contribution in [2.75, 3.05) is 134 Å². The highest BCUT2D eigenvalue weighted by atomic mass is 16.6. The summed E-state index contributed by atoms with van der Waals surface area (Å²) >= 11 is 0. The Bertz CT molecular complexity index is 1950. The van der Waals surface area contributed by atoms with Gasteiger partial charge in [-0.25, -0.2) is 0 Å². The molecule has 0 aromatic heterocycles. The Morgan fingerprint density at radius 1 is 0.294 bits per heavy atom. The molecule has 10 heterocycles. The van der Waals surface area contributed by atoms with Gasteiger partial charge in [0.05, 0.1) is 67.3 Å². The van der Waals surface area contributed by atoms with Crippen molar-refractivity contribution in [1.82, 2.24) is 51.1 Å². The molecule has 20 heteroatoms. The van der Waals surface area contributed by atoms with Crippen molar-refractivity contribution in [1.29, 1.82) is 0 Å². The summed E-state index contributed by atoms with van der Waals surface area (Å²) in [6.45, 7) is 23.7. The van der Waals surface area contributed by atoms with Crippen LogP contribution < -0.4 is 26.6 Å². The molecule has 10 rings (SSSR count). The van der Waals surface area contributed by atoms with E-state index < -0.39 is 0 Å². The SMILES string of the molecule is CNC1CCC(C)CN(CC2CCCCCO2)C1=O.CNC1CCC(C)CN(CC2CCCCO2)C1=O.CNC1CCC(C)CN(CC2CCCO2)C1=O.CNC1CCC(C)CN(CC2CCO2)C1=O.CNC1CCC(C)CN(CC2CO2)C1=O. The van der Waals surface area contributed by atoms with Crippen LogP contribution in [0, 0.1) is 29.6 Å². The van der Waals surface area contributed by atoms with Gasteiger partial charge >= 0.3 is 0 Å². The first-order valence-electron chi connectivity index (χ1n) is 33.9. The first-order valence-corrected chi connectivity index (χ1v) is 33.9. The second-order valence-electron chi connectivity index (χ2n) is 27.0. The molecule has 0 aromatic carbocycles. The normalized spacial score (nSPS) is 35.1. The number of carbonyl (C=O) groups is 5. The molecule has 15 atom stereocenters. The number of likely N-dealkylation sites (N-methyl/N-ethyl adjacent to an activating group) is 5. The van der Waals surface area contributed by atoms with Crippen LogP contribution in [0.3, 0.4) is 0 Å². The van der Waals surface area contributed by atoms with Crippen LogP contribution in [0.15, 0.2) is 0 Å². The van der Waals surface area contributed by atoms with E-state index in [0.717, 1.165) is 195 Å². The number of hydrogen-bond acceptors (Lipinski definition) is 15. The number of likely N-dealkylation sites (tertiary alicyclic amines) is 5. The standard InChI is InChI=1S/C15H28N2O2.C14H26N2O2.C13H24N2O2.C12H22N2O2.C11H20N2O2/c1-12-7-8-14(16-2)15(18)17(10-12)11-13-6-4-3-5-9-19-13;1-11-6-7-13(15-2)14(17)16(9-11)10-12-5-3-4-8-18-12;1-10-5-6-12(14-2)13(16)15(8-10)9-11-4-3-7-17-11;1-9-3-4-11(13-2)12(15)14(7-9)8-10-5-6-16-10;1-8-3-4-10(12-2)11(14)13(5-8)6-9-7-15-9/h12-14,16H,3-11H2,1-2H3;11-13,15H,3-10H2,1-2H3;10-12,14H,3-9H2,1-2H3;9-11,13H,3-8H2,1-2H3;8-10,12H,3-7H2,1-2H3. The van der Waals surface area contributed by atoms with E-state index in [1.807, 2.05) is 59.7 Å². The van der Waals surface area contributed by atoms with Gasteiger partial charge in [-0.2, -0.15) is 0 Å². The molecule has 0 spiro atoms. The molecule has 0 bridgehead atoms. The minimum Gasteiger partial charge on any atom is -0.376 e. The Labute approximate surface area is 513 Å². The first-order chi connectivity index (χ1) is 41.0. The van der Waals surface area contributed by atoms with Crippen molar-refractivity contribution in [3.05, 3.63) is 0 Å². The van der Waals surface area contributed by atoms with Gasteiger partial charge in [-0.05, 0) is 180 Å². The third-order valence-corrected chi connectivity index (χ3v) is 19.3. The quantitative estimate of drug-likeness (QED) is 0.136. The van der Waals surface area contributed by atoms with E-state index in [1.54, 1.807) is 0 Å². The lowest BCUT2D eigenvalue weighted by Gasteiger charge is -2.33. The summed E-state index contributed by atoms with van der Waals surface area (Å²) in [5, 5.41) is 15.7. The van der Waals surface area contributed by atoms with Crippen molar-refractivity contribution in [3.63, 3.8) is 0 Å². The van der Waals surface area contributed by atoms with E-state index in [4.69, 9.17) is 23.7 Å². The Kier molecular flexibility index (Phi) is 31.6. The van der Waals surface area contributed by atoms with Crippen LogP contribution in [0.1, 0.15) is 163 Å². The van der Waals surface area contributed by atoms with E-state index >= 15 is 0 Å². The Hall–Kier alpha value is -3.05. The third-order valence-electron chi connectivity index (χ3n) is 19.3. The molecular weight excluding hydrogens is 1080 g/mol. The number of rotatable bonds is 15. The fourth-order valence-electron chi connectivity index (χ4n) is 13.6. The topological polar surface area (TPSA) is 211 Å². The summed E-state index contributed by atoms with van der Waals surface area (Å²) in [7, 11) is 9.39. The lowest BCUT2D eigenvalue weighted by molar-refractivity contribution is -0.138. The van der Waals surface area contributed by atoms with Crippen molar-refractivity contribution < 1.29 is 47.7 Å². The molecule has 10 saturated heterocycles. The number of ether oxygens (including phenoxy) is 5. The van der Waals surface area contributed by atoms with Crippen LogP contribution in [0.4, 0.5) is 0 Å². The number of epoxide rings is 1. The smallest absolute Gasteiger partial charge is 0.239 e. The van der Waals surface area contributed by atoms with E-state index in [-0.39, 0.29) is 84.2 Å². The summed E-state index contributed by atoms with van der Waals surface area (Å²) in [6, 6.07) is 0.00866. The Balaban J connectivity index is 0.000000171. The minimum absolute atomic E-state index is 0.00125. The molecule has 10 aliphatic heterocycles. The maximum absolute atomic E-state index is 12.5. The van der Waals surface area contributed by atoms with Gasteiger partial charge in [-0.1, -0.05) is 47.5 Å². The van der Waals surface area contributed by atoms with Gasteiger partial charge in [0.1, 0.15) is 0 Å². The summed E-state index contributed by atoms with van der Waals surface area (Å²) in [4.78, 5) is 71.5. The van der Waals surface area contributed by atoms with Crippen molar-refractivity contribution in [2.24, 2.45) is 29.6 Å². The van der Waals surface area contributed by atoms with Gasteiger partial charge in [-0.15, -0.1) is 0 Å². The molecule has 0 aliphatic carbocycles. The predicted octanol–water partition coefficient (Wildman–Crippen LogP) is 5.06. The molecule has 15 unspecified atom stereocenters. The fourth-order valence-corrected chi connectivity index (χ4v) is 13.6. The van der Waals surface area contributed by atoms with Gasteiger partial charge in [-0.3, -0.25) is 24.0 Å². The van der Waals surface area contributed by atoms with E-state index in [0.29, 0.717) is 35.7 Å². The zero-order chi connectivity index (χ0) is 61.3. The third kappa shape index (κ3) is 24.0. The van der Waals surface area contributed by atoms with Crippen LogP contribution in [0.2, 0.25) is 0 Å². The van der Waals surface area contributed by atoms with Crippen molar-refractivity contribution >= 4 is 29.5 Å². The van der Waals surface area contributed by atoms with Gasteiger partial charge < -0.3 is 74.8 Å². The maximum atomic E-state index is 12.5. The highest BCUT2D eigenvalue weighted by Gasteiger charge is 2.37. The second kappa shape index (κ2) is 37.8. The zero-order valence-electron chi connectivity index (χ0n) is 54.7. The number of hydrogen-bond donors (Lipinski definition) is 5. The largest absolute Gasteiger partial charge is 0.376 e. The average molecular weight is 1200 g/mol. The summed E-state index contributed by atoms with van der Waals surface area (Å²) in [6.07, 6.45) is 23.4. The molecule has 0 saturated carbocycles. The van der Waals surface area contributed by atoms with Crippen LogP contribution >= 0.6 is 0 Å². The van der Waals surface area contributed by atoms with Crippen LogP contribution in [0.25, 0.3) is 0 Å². The van der Waals surface area contributed by atoms with Crippen molar-refractivity contribution in [2.45, 2.75) is 224 Å². The van der Waals surface area contributed by atoms with Crippen LogP contribution in [-0.4, -0.2) is 248 Å². The highest BCUT2D eigenvalue weighted by Crippen LogP contribution is 2.26. The van der Waals surface area contributed by atoms with Crippen LogP contribution in [0.5, 0.6) is 0 Å². The molecule has 10 fully saturated rings. The van der Waals surface area contributed by atoms with E-state index in [1.165, 1.54) is 32.1 Å². The molecule has 5 amide bonds. The summed E-state index contributed by atoms with van der Waals surface area (Å²) < 4.78 is 27.9. The summed E-state index contributed by atoms with van der Waals surface area (Å²) in [5.74, 6) is 4.26. The zero-order valence-corrected chi connectivity index (χ0v) is 54.7. The highest BCUT2D eigenvalue weighted by molar-refractivity contribution is 5.84. The molecule has 20 nitrogen and oxygen atoms in total. The first kappa shape index (κ1) is 71.0. The molecule has 0 radical (unpaired) electrons. The molecule has 85 heavy (non-hydrogen) atoms. The second-order valence-corrected chi connectivity index (χ2v) is 27.0.